The van der Waals surface area contributed by atoms with Gasteiger partial charge in [0.05, 0.1) is 94.2 Å². The highest BCUT2D eigenvalue weighted by Gasteiger charge is 2.31. The molecule has 3 saturated heterocycles. The summed E-state index contributed by atoms with van der Waals surface area (Å²) in [6, 6.07) is 21.9. The van der Waals surface area contributed by atoms with Crippen LogP contribution in [0.15, 0.2) is 113 Å². The van der Waals surface area contributed by atoms with Gasteiger partial charge in [-0.15, -0.1) is 0 Å². The van der Waals surface area contributed by atoms with Crippen LogP contribution < -0.4 is 41.6 Å². The van der Waals surface area contributed by atoms with Gasteiger partial charge < -0.3 is 50.1 Å². The molecule has 4 aliphatic rings. The summed E-state index contributed by atoms with van der Waals surface area (Å²) in [5.74, 6) is -0.276. The van der Waals surface area contributed by atoms with Gasteiger partial charge in [-0.2, -0.15) is 0 Å². The fraction of sp³-hybridized carbons (Fsp3) is 0.365. The lowest BCUT2D eigenvalue weighted by atomic mass is 9.80. The molecule has 9 heterocycles. The van der Waals surface area contributed by atoms with Crippen LogP contribution in [0.3, 0.4) is 0 Å². The maximum absolute atomic E-state index is 16.2. The summed E-state index contributed by atoms with van der Waals surface area (Å²) in [6.07, 6.45) is 12.9. The first-order valence-electron chi connectivity index (χ1n) is 29.0. The van der Waals surface area contributed by atoms with Gasteiger partial charge in [-0.25, -0.2) is 28.7 Å². The normalized spacial score (nSPS) is 19.6. The number of aromatic amines is 2. The van der Waals surface area contributed by atoms with Crippen molar-refractivity contribution in [2.24, 2.45) is 11.8 Å². The Kier molecular flexibility index (Phi) is 16.0. The molecule has 0 bridgehead atoms. The quantitative estimate of drug-likeness (QED) is 0.0684. The molecule has 84 heavy (non-hydrogen) atoms. The van der Waals surface area contributed by atoms with E-state index in [2.05, 4.69) is 69.4 Å². The number of anilines is 7. The number of nitrogens with zero attached hydrogens (tertiary/aromatic N) is 8. The molecule has 1 saturated carbocycles. The monoisotopic (exact) mass is 1140 g/mol. The Hall–Kier alpha value is -8.82. The maximum Gasteiger partial charge on any atom is 0.259 e. The fourth-order valence-corrected chi connectivity index (χ4v) is 12.6. The van der Waals surface area contributed by atoms with Crippen LogP contribution in [0, 0.1) is 23.5 Å². The molecule has 2 unspecified atom stereocenters. The number of fused-ring (bicyclic) bond motifs is 2. The number of amides is 2. The maximum atomic E-state index is 16.2. The standard InChI is InChI=1S/C63H67F2N13O6/c1-37-35-84-36-38(2)78(37)43-12-15-57(69-33-43)73-53-30-51(71-49-16-18-66-61(80)58(49)53)44-13-10-41(27-47(44)64)70-60(79)40-9-7-8-39(26-40)34-75-22-24-76(25-23-75)42-11-14-56(68-32-42)74-54-31-52(72-50-17-19-67-62(81)59(50)54)45-29-55(83-3)46(28-48(45)65)63(82)77-20-5-4-6-21-77/h10-19,27-33,37-40H,4-9,20-26,34-36H2,1-3H3,(H,66,80)(H,67,81)(H,70,79)(H,68,72,74)(H,69,71,73)/t37-,38-,39?,40?/m1/s1. The van der Waals surface area contributed by atoms with Crippen LogP contribution in [0.1, 0.15) is 69.2 Å². The predicted molar refractivity (Wildman–Crippen MR) is 322 cm³/mol. The van der Waals surface area contributed by atoms with Gasteiger partial charge in [0, 0.05) is 93.0 Å². The Morgan fingerprint density at radius 2 is 1.31 bits per heavy atom. The van der Waals surface area contributed by atoms with Crippen molar-refractivity contribution in [3.05, 3.63) is 142 Å². The number of carbonyl (C=O) groups excluding carboxylic acids is 2. The third kappa shape index (κ3) is 11.7. The minimum absolute atomic E-state index is 0.118. The average Bonchev–Trinajstić information content (AvgIpc) is 2.35. The summed E-state index contributed by atoms with van der Waals surface area (Å²) < 4.78 is 43.6. The number of morpholine rings is 1. The van der Waals surface area contributed by atoms with Crippen LogP contribution in [-0.2, 0) is 9.53 Å². The van der Waals surface area contributed by atoms with Crippen LogP contribution in [0.2, 0.25) is 0 Å². The number of likely N-dealkylation sites (tertiary alicyclic amines) is 1. The van der Waals surface area contributed by atoms with Gasteiger partial charge in [0.1, 0.15) is 29.0 Å². The molecular weight excluding hydrogens is 1070 g/mol. The number of hydrogen-bond acceptors (Lipinski definition) is 15. The SMILES string of the molecule is COc1cc(-c2cc(Nc3ccc(N4CCN(CC5CCCC(C(=O)Nc6ccc(-c7cc(Nc8ccc(N9[C@H](C)COC[C@H]9C)cn8)c8c(=O)[nH]ccc8n7)c(F)c6)C5)CC4)cn3)c3c(=O)[nH]ccc3n2)c(F)cc1C(=O)N1CCCCC1. The predicted octanol–water partition coefficient (Wildman–Crippen LogP) is 9.86. The van der Waals surface area contributed by atoms with E-state index in [0.717, 1.165) is 89.0 Å². The number of rotatable bonds is 14. The van der Waals surface area contributed by atoms with Gasteiger partial charge >= 0.3 is 0 Å². The van der Waals surface area contributed by atoms with Crippen LogP contribution in [0.4, 0.5) is 48.9 Å². The number of pyridine rings is 6. The number of nitrogens with one attached hydrogen (secondary N) is 5. The number of carbonyl (C=O) groups is 2. The molecule has 4 atom stereocenters. The first-order valence-corrected chi connectivity index (χ1v) is 29.0. The molecule has 2 amide bonds. The van der Waals surface area contributed by atoms with E-state index in [0.29, 0.717) is 83.0 Å². The minimum atomic E-state index is -0.640. The summed E-state index contributed by atoms with van der Waals surface area (Å²) in [5, 5.41) is 10.2. The zero-order chi connectivity index (χ0) is 58.0. The molecule has 8 aromatic rings. The van der Waals surface area contributed by atoms with Crippen molar-refractivity contribution in [3.8, 4) is 28.3 Å². The van der Waals surface area contributed by atoms with Crippen LogP contribution in [-0.4, -0.2) is 130 Å². The molecule has 0 spiro atoms. The van der Waals surface area contributed by atoms with Gasteiger partial charge in [0.2, 0.25) is 5.91 Å². The number of benzene rings is 2. The van der Waals surface area contributed by atoms with E-state index in [1.54, 1.807) is 53.7 Å². The Morgan fingerprint density at radius 3 is 1.92 bits per heavy atom. The third-order valence-electron chi connectivity index (χ3n) is 16.8. The number of halogens is 2. The van der Waals surface area contributed by atoms with Gasteiger partial charge in [-0.3, -0.25) is 24.1 Å². The second kappa shape index (κ2) is 24.2. The largest absolute Gasteiger partial charge is 0.496 e. The lowest BCUT2D eigenvalue weighted by molar-refractivity contribution is -0.121. The highest BCUT2D eigenvalue weighted by Crippen LogP contribution is 2.37. The molecule has 21 heteroatoms. The van der Waals surface area contributed by atoms with Crippen molar-refractivity contribution in [3.63, 3.8) is 0 Å². The van der Waals surface area contributed by atoms with Crippen molar-refractivity contribution in [2.75, 3.05) is 91.9 Å². The van der Waals surface area contributed by atoms with E-state index in [1.165, 1.54) is 37.7 Å². The Balaban J connectivity index is 0.656. The molecule has 3 aliphatic heterocycles. The van der Waals surface area contributed by atoms with Crippen LogP contribution in [0.5, 0.6) is 5.75 Å². The summed E-state index contributed by atoms with van der Waals surface area (Å²) in [4.78, 5) is 86.6. The van der Waals surface area contributed by atoms with Crippen molar-refractivity contribution < 1.29 is 27.8 Å². The zero-order valence-corrected chi connectivity index (χ0v) is 47.2. The second-order valence-corrected chi connectivity index (χ2v) is 22.5. The molecule has 2 aromatic carbocycles. The summed E-state index contributed by atoms with van der Waals surface area (Å²) in [6.45, 7) is 10.8. The number of piperidine rings is 1. The first-order chi connectivity index (χ1) is 40.8. The average molecular weight is 1140 g/mol. The summed E-state index contributed by atoms with van der Waals surface area (Å²) in [7, 11) is 1.45. The van der Waals surface area contributed by atoms with Gasteiger partial charge in [-0.05, 0) is 137 Å². The first kappa shape index (κ1) is 55.7. The van der Waals surface area contributed by atoms with E-state index in [4.69, 9.17) is 14.5 Å². The summed E-state index contributed by atoms with van der Waals surface area (Å²) >= 11 is 0. The molecule has 5 N–H and O–H groups in total. The molecule has 1 aliphatic carbocycles. The lowest BCUT2D eigenvalue weighted by Crippen LogP contribution is -2.49. The molecule has 12 rings (SSSR count). The van der Waals surface area contributed by atoms with Gasteiger partial charge in [-0.1, -0.05) is 6.42 Å². The smallest absolute Gasteiger partial charge is 0.259 e. The minimum Gasteiger partial charge on any atom is -0.496 e. The lowest BCUT2D eigenvalue weighted by Gasteiger charge is -2.40. The number of H-pyrrole nitrogens is 2. The number of methoxy groups -OCH3 is 1. The van der Waals surface area contributed by atoms with Gasteiger partial charge in [0.15, 0.2) is 0 Å². The molecule has 0 radical (unpaired) electrons. The van der Waals surface area contributed by atoms with Crippen molar-refractivity contribution in [2.45, 2.75) is 70.9 Å². The van der Waals surface area contributed by atoms with E-state index in [9.17, 15) is 19.2 Å². The molecule has 4 fully saturated rings. The number of ether oxygens (including phenoxy) is 2. The molecule has 434 valence electrons. The van der Waals surface area contributed by atoms with E-state index in [1.807, 2.05) is 24.3 Å². The highest BCUT2D eigenvalue weighted by atomic mass is 19.1. The Morgan fingerprint density at radius 1 is 0.690 bits per heavy atom. The third-order valence-corrected chi connectivity index (χ3v) is 16.8. The molecular formula is C63H67F2N13O6. The second-order valence-electron chi connectivity index (χ2n) is 22.5. The Labute approximate surface area is 483 Å². The fourth-order valence-electron chi connectivity index (χ4n) is 12.6. The van der Waals surface area contributed by atoms with E-state index >= 15 is 8.78 Å². The number of hydrogen-bond donors (Lipinski definition) is 5. The zero-order valence-electron chi connectivity index (χ0n) is 47.2. The highest BCUT2D eigenvalue weighted by molar-refractivity contribution is 5.99. The molecule has 19 nitrogen and oxygen atoms in total. The van der Waals surface area contributed by atoms with Crippen LogP contribution in [0.25, 0.3) is 44.3 Å². The van der Waals surface area contributed by atoms with E-state index < -0.39 is 11.6 Å². The Bertz CT molecular complexity index is 3860. The topological polar surface area (TPSA) is 219 Å². The van der Waals surface area contributed by atoms with E-state index in [-0.39, 0.29) is 74.5 Å². The van der Waals surface area contributed by atoms with Crippen molar-refractivity contribution >= 4 is 73.7 Å². The van der Waals surface area contributed by atoms with Crippen molar-refractivity contribution in [1.29, 1.82) is 0 Å². The molecule has 6 aromatic heterocycles. The number of aromatic nitrogens is 6. The van der Waals surface area contributed by atoms with Gasteiger partial charge in [0.25, 0.3) is 17.0 Å². The van der Waals surface area contributed by atoms with Crippen molar-refractivity contribution in [1.82, 2.24) is 39.7 Å². The summed E-state index contributed by atoms with van der Waals surface area (Å²) in [5.41, 5.74) is 4.12. The number of piperazine rings is 1. The van der Waals surface area contributed by atoms with Crippen LogP contribution >= 0.6 is 0 Å².